The molecule has 1 aliphatic carbocycles. The van der Waals surface area contributed by atoms with Crippen molar-refractivity contribution in [2.24, 2.45) is 4.99 Å². The standard InChI is InChI=1S/C38H40N6O2/c1-38(32-4-3-5-35(31(32)23-45)44-15-14-29-20-28(26-10-11-26)12-13-30(29)37(44)46)33-21-34(41-36(33)39-24-40-38)27-8-6-25(7-9-27)22-43-18-16-42(2)17-19-43/h3-9,12-15,20-21,24,26,41,45H,10-11,16-19,22-23H2,1-2H3,(H,39,40). The Hall–Kier alpha value is -4.50. The Morgan fingerprint density at radius 1 is 0.957 bits per heavy atom. The van der Waals surface area contributed by atoms with Crippen LogP contribution in [0.1, 0.15) is 53.5 Å². The van der Waals surface area contributed by atoms with Crippen LogP contribution in [0.5, 0.6) is 0 Å². The average molecular weight is 613 g/mol. The number of aromatic nitrogens is 2. The van der Waals surface area contributed by atoms with Crippen molar-refractivity contribution < 1.29 is 5.11 Å². The molecule has 1 unspecified atom stereocenters. The van der Waals surface area contributed by atoms with Crippen LogP contribution in [0.4, 0.5) is 5.82 Å². The number of aromatic amines is 1. The molecular weight excluding hydrogens is 572 g/mol. The summed E-state index contributed by atoms with van der Waals surface area (Å²) in [5.74, 6) is 1.50. The molecule has 3 N–H and O–H groups in total. The largest absolute Gasteiger partial charge is 0.392 e. The number of rotatable bonds is 7. The van der Waals surface area contributed by atoms with Gasteiger partial charge in [-0.1, -0.05) is 48.5 Å². The normalized spacial score (nSPS) is 20.2. The maximum atomic E-state index is 13.8. The number of aliphatic hydroxyl groups excluding tert-OH is 1. The number of pyridine rings is 1. The van der Waals surface area contributed by atoms with Crippen LogP contribution >= 0.6 is 0 Å². The summed E-state index contributed by atoms with van der Waals surface area (Å²) in [5, 5.41) is 15.7. The highest BCUT2D eigenvalue weighted by Crippen LogP contribution is 2.44. The van der Waals surface area contributed by atoms with Crippen molar-refractivity contribution in [3.8, 4) is 16.9 Å². The van der Waals surface area contributed by atoms with Gasteiger partial charge in [-0.3, -0.25) is 19.3 Å². The van der Waals surface area contributed by atoms with E-state index in [1.165, 1.54) is 24.0 Å². The van der Waals surface area contributed by atoms with E-state index in [0.29, 0.717) is 22.6 Å². The molecule has 0 radical (unpaired) electrons. The smallest absolute Gasteiger partial charge is 0.262 e. The van der Waals surface area contributed by atoms with E-state index >= 15 is 0 Å². The van der Waals surface area contributed by atoms with Crippen molar-refractivity contribution in [2.45, 2.75) is 44.4 Å². The Morgan fingerprint density at radius 2 is 1.76 bits per heavy atom. The van der Waals surface area contributed by atoms with Crippen LogP contribution in [0.3, 0.4) is 0 Å². The fourth-order valence-electron chi connectivity index (χ4n) is 7.22. The van der Waals surface area contributed by atoms with Gasteiger partial charge in [-0.2, -0.15) is 0 Å². The summed E-state index contributed by atoms with van der Waals surface area (Å²) in [5.41, 5.74) is 7.03. The highest BCUT2D eigenvalue weighted by Gasteiger charge is 2.37. The summed E-state index contributed by atoms with van der Waals surface area (Å²) >= 11 is 0. The van der Waals surface area contributed by atoms with Crippen molar-refractivity contribution in [3.63, 3.8) is 0 Å². The number of anilines is 1. The summed E-state index contributed by atoms with van der Waals surface area (Å²) < 4.78 is 1.66. The summed E-state index contributed by atoms with van der Waals surface area (Å²) in [7, 11) is 2.18. The van der Waals surface area contributed by atoms with Crippen LogP contribution in [0.2, 0.25) is 0 Å². The second kappa shape index (κ2) is 11.4. The van der Waals surface area contributed by atoms with E-state index in [2.05, 4.69) is 76.5 Å². The van der Waals surface area contributed by atoms with Gasteiger partial charge < -0.3 is 20.3 Å². The van der Waals surface area contributed by atoms with Crippen LogP contribution in [-0.2, 0) is 18.7 Å². The summed E-state index contributed by atoms with van der Waals surface area (Å²) in [4.78, 5) is 27.2. The first-order valence-electron chi connectivity index (χ1n) is 16.3. The molecule has 8 nitrogen and oxygen atoms in total. The minimum absolute atomic E-state index is 0.0913. The molecule has 5 aromatic rings. The maximum Gasteiger partial charge on any atom is 0.262 e. The van der Waals surface area contributed by atoms with Gasteiger partial charge in [0.15, 0.2) is 0 Å². The molecule has 0 amide bonds. The lowest BCUT2D eigenvalue weighted by molar-refractivity contribution is 0.148. The molecule has 2 fully saturated rings. The lowest BCUT2D eigenvalue weighted by Crippen LogP contribution is -2.43. The third-order valence-corrected chi connectivity index (χ3v) is 10.2. The van der Waals surface area contributed by atoms with Gasteiger partial charge in [0.25, 0.3) is 5.56 Å². The van der Waals surface area contributed by atoms with Crippen LogP contribution in [0, 0.1) is 0 Å². The number of hydrogen-bond donors (Lipinski definition) is 3. The Labute approximate surface area is 269 Å². The molecule has 1 saturated heterocycles. The SMILES string of the molecule is CN1CCN(Cc2ccc(-c3cc4c([nH]3)NC=NC4(C)c3cccc(-n4ccc5cc(C6CC6)ccc5c4=O)c3CO)cc2)CC1. The minimum Gasteiger partial charge on any atom is -0.392 e. The van der Waals surface area contributed by atoms with E-state index in [9.17, 15) is 9.90 Å². The number of hydrogen-bond acceptors (Lipinski definition) is 6. The van der Waals surface area contributed by atoms with Crippen molar-refractivity contribution >= 4 is 22.9 Å². The number of piperazine rings is 1. The van der Waals surface area contributed by atoms with Gasteiger partial charge in [0.05, 0.1) is 18.6 Å². The summed E-state index contributed by atoms with van der Waals surface area (Å²) in [6.07, 6.45) is 6.00. The third kappa shape index (κ3) is 5.07. The molecule has 8 rings (SSSR count). The van der Waals surface area contributed by atoms with Gasteiger partial charge >= 0.3 is 0 Å². The van der Waals surface area contributed by atoms with Gasteiger partial charge in [0.2, 0.25) is 0 Å². The minimum atomic E-state index is -0.787. The van der Waals surface area contributed by atoms with E-state index in [1.54, 1.807) is 10.9 Å². The summed E-state index contributed by atoms with van der Waals surface area (Å²) in [6.45, 7) is 7.23. The molecule has 1 saturated carbocycles. The quantitative estimate of drug-likeness (QED) is 0.216. The molecule has 2 aromatic heterocycles. The fraction of sp³-hybridized carbons (Fsp3) is 0.316. The molecule has 46 heavy (non-hydrogen) atoms. The van der Waals surface area contributed by atoms with Crippen molar-refractivity contribution in [2.75, 3.05) is 38.5 Å². The topological polar surface area (TPSA) is 88.9 Å². The number of benzene rings is 3. The Balaban J connectivity index is 1.12. The molecule has 0 spiro atoms. The zero-order chi connectivity index (χ0) is 31.4. The molecular formula is C38H40N6O2. The Morgan fingerprint density at radius 3 is 2.52 bits per heavy atom. The monoisotopic (exact) mass is 612 g/mol. The molecule has 3 aromatic carbocycles. The Kier molecular flexibility index (Phi) is 7.16. The number of H-pyrrole nitrogens is 1. The van der Waals surface area contributed by atoms with Crippen LogP contribution in [0.15, 0.2) is 88.8 Å². The maximum absolute atomic E-state index is 13.8. The first-order valence-corrected chi connectivity index (χ1v) is 16.3. The molecule has 4 heterocycles. The Bertz CT molecular complexity index is 2010. The third-order valence-electron chi connectivity index (χ3n) is 10.2. The van der Waals surface area contributed by atoms with E-state index in [-0.39, 0.29) is 12.2 Å². The predicted molar refractivity (Wildman–Crippen MR) is 185 cm³/mol. The first-order chi connectivity index (χ1) is 22.4. The highest BCUT2D eigenvalue weighted by atomic mass is 16.3. The lowest BCUT2D eigenvalue weighted by Gasteiger charge is -2.32. The van der Waals surface area contributed by atoms with Gasteiger partial charge in [-0.05, 0) is 84.6 Å². The van der Waals surface area contributed by atoms with Gasteiger partial charge in [0, 0.05) is 61.1 Å². The van der Waals surface area contributed by atoms with Crippen LogP contribution < -0.4 is 10.9 Å². The number of aliphatic hydroxyl groups is 1. The summed E-state index contributed by atoms with van der Waals surface area (Å²) in [6, 6.07) is 25.0. The van der Waals surface area contributed by atoms with Crippen molar-refractivity contribution in [1.82, 2.24) is 19.4 Å². The van der Waals surface area contributed by atoms with Crippen LogP contribution in [0.25, 0.3) is 27.7 Å². The number of likely N-dealkylation sites (N-methyl/N-ethyl adjacent to an activating group) is 1. The molecule has 234 valence electrons. The molecule has 0 bridgehead atoms. The second-order valence-electron chi connectivity index (χ2n) is 13.3. The zero-order valence-electron chi connectivity index (χ0n) is 26.5. The zero-order valence-corrected chi connectivity index (χ0v) is 26.5. The van der Waals surface area contributed by atoms with Gasteiger partial charge in [-0.25, -0.2) is 0 Å². The van der Waals surface area contributed by atoms with E-state index < -0.39 is 5.54 Å². The average Bonchev–Trinajstić information content (AvgIpc) is 3.84. The molecule has 8 heteroatoms. The fourth-order valence-corrected chi connectivity index (χ4v) is 7.22. The predicted octanol–water partition coefficient (Wildman–Crippen LogP) is 5.82. The van der Waals surface area contributed by atoms with E-state index in [0.717, 1.165) is 66.3 Å². The van der Waals surface area contributed by atoms with Crippen molar-refractivity contribution in [1.29, 1.82) is 0 Å². The van der Waals surface area contributed by atoms with E-state index in [1.807, 2.05) is 36.5 Å². The van der Waals surface area contributed by atoms with E-state index in [4.69, 9.17) is 4.99 Å². The van der Waals surface area contributed by atoms with Crippen LogP contribution in [-0.4, -0.2) is 64.0 Å². The second-order valence-corrected chi connectivity index (χ2v) is 13.3. The number of nitrogens with zero attached hydrogens (tertiary/aromatic N) is 4. The van der Waals surface area contributed by atoms with Gasteiger partial charge in [0.1, 0.15) is 11.4 Å². The molecule has 1 atom stereocenters. The highest BCUT2D eigenvalue weighted by molar-refractivity contribution is 5.84. The number of fused-ring (bicyclic) bond motifs is 2. The van der Waals surface area contributed by atoms with Crippen molar-refractivity contribution in [3.05, 3.63) is 117 Å². The molecule has 2 aliphatic heterocycles. The van der Waals surface area contributed by atoms with Gasteiger partial charge in [-0.15, -0.1) is 0 Å². The number of aliphatic imine (C=N–C) groups is 1. The molecule has 3 aliphatic rings. The first kappa shape index (κ1) is 28.9. The number of nitrogens with one attached hydrogen (secondary N) is 2. The lowest BCUT2D eigenvalue weighted by atomic mass is 9.82.